The van der Waals surface area contributed by atoms with Crippen LogP contribution < -0.4 is 10.6 Å². The fourth-order valence-electron chi connectivity index (χ4n) is 1.89. The second-order valence-corrected chi connectivity index (χ2v) is 8.17. The number of para-hydroxylation sites is 1. The molecule has 0 aliphatic heterocycles. The predicted molar refractivity (Wildman–Crippen MR) is 100.0 cm³/mol. The number of carbonyl (C=O) groups is 2. The van der Waals surface area contributed by atoms with Crippen LogP contribution in [-0.4, -0.2) is 40.6 Å². The molecule has 2 N–H and O–H groups in total. The van der Waals surface area contributed by atoms with Crippen LogP contribution in [0.4, 0.5) is 5.69 Å². The molecule has 9 heteroatoms. The normalized spacial score (nSPS) is 10.5. The molecular weight excluding hydrogens is 364 g/mol. The van der Waals surface area contributed by atoms with E-state index in [1.54, 1.807) is 0 Å². The summed E-state index contributed by atoms with van der Waals surface area (Å²) in [7, 11) is 0. The Kier molecular flexibility index (Phi) is 7.07. The number of hydrogen-bond acceptors (Lipinski definition) is 7. The first-order valence-corrected chi connectivity index (χ1v) is 10.2. The van der Waals surface area contributed by atoms with Crippen LogP contribution in [-0.2, 0) is 9.59 Å². The largest absolute Gasteiger partial charge is 0.346 e. The van der Waals surface area contributed by atoms with Crippen molar-refractivity contribution >= 4 is 52.4 Å². The SMILES string of the molecule is CSc1nnc(SCC(=O)NCC(=O)Nc2c(C)cccc2C)s1. The van der Waals surface area contributed by atoms with Gasteiger partial charge in [0.05, 0.1) is 12.3 Å². The van der Waals surface area contributed by atoms with Gasteiger partial charge in [0.15, 0.2) is 8.68 Å². The van der Waals surface area contributed by atoms with Gasteiger partial charge >= 0.3 is 0 Å². The molecular formula is C15H18N4O2S3. The van der Waals surface area contributed by atoms with E-state index in [4.69, 9.17) is 0 Å². The second-order valence-electron chi connectivity index (χ2n) is 4.92. The number of rotatable bonds is 7. The van der Waals surface area contributed by atoms with E-state index in [1.165, 1.54) is 34.9 Å². The van der Waals surface area contributed by atoms with Gasteiger partial charge in [-0.25, -0.2) is 0 Å². The summed E-state index contributed by atoms with van der Waals surface area (Å²) in [6.45, 7) is 3.81. The van der Waals surface area contributed by atoms with Crippen molar-refractivity contribution in [3.05, 3.63) is 29.3 Å². The second kappa shape index (κ2) is 9.05. The average molecular weight is 383 g/mol. The van der Waals surface area contributed by atoms with Gasteiger partial charge in [-0.05, 0) is 31.2 Å². The molecule has 1 aromatic carbocycles. The first-order chi connectivity index (χ1) is 11.5. The van der Waals surface area contributed by atoms with Crippen LogP contribution in [0.25, 0.3) is 0 Å². The summed E-state index contributed by atoms with van der Waals surface area (Å²) in [6.07, 6.45) is 1.93. The first-order valence-electron chi connectivity index (χ1n) is 7.12. The molecule has 24 heavy (non-hydrogen) atoms. The molecule has 0 spiro atoms. The monoisotopic (exact) mass is 382 g/mol. The van der Waals surface area contributed by atoms with Crippen LogP contribution in [0.3, 0.4) is 0 Å². The number of anilines is 1. The molecule has 1 aromatic heterocycles. The third kappa shape index (κ3) is 5.50. The highest BCUT2D eigenvalue weighted by Crippen LogP contribution is 2.27. The Morgan fingerprint density at radius 2 is 1.79 bits per heavy atom. The summed E-state index contributed by atoms with van der Waals surface area (Å²) in [4.78, 5) is 23.8. The first kappa shape index (κ1) is 18.8. The van der Waals surface area contributed by atoms with E-state index < -0.39 is 0 Å². The van der Waals surface area contributed by atoms with Gasteiger partial charge < -0.3 is 10.6 Å². The molecule has 2 rings (SSSR count). The molecule has 2 aromatic rings. The molecule has 128 valence electrons. The van der Waals surface area contributed by atoms with Crippen LogP contribution in [0.5, 0.6) is 0 Å². The minimum absolute atomic E-state index is 0.0562. The Morgan fingerprint density at radius 3 is 2.42 bits per heavy atom. The fourth-order valence-corrected chi connectivity index (χ4v) is 4.16. The van der Waals surface area contributed by atoms with E-state index in [-0.39, 0.29) is 24.1 Å². The number of nitrogens with zero attached hydrogens (tertiary/aromatic N) is 2. The zero-order valence-corrected chi connectivity index (χ0v) is 16.0. The summed E-state index contributed by atoms with van der Waals surface area (Å²) in [5.74, 6) is -0.247. The molecule has 2 amide bonds. The predicted octanol–water partition coefficient (Wildman–Crippen LogP) is 2.72. The Balaban J connectivity index is 1.76. The molecule has 0 saturated carbocycles. The minimum atomic E-state index is -0.244. The summed E-state index contributed by atoms with van der Waals surface area (Å²) < 4.78 is 1.61. The summed E-state index contributed by atoms with van der Waals surface area (Å²) in [5, 5.41) is 13.4. The van der Waals surface area contributed by atoms with Gasteiger partial charge in [-0.15, -0.1) is 10.2 Å². The van der Waals surface area contributed by atoms with Crippen LogP contribution in [0, 0.1) is 13.8 Å². The fraction of sp³-hybridized carbons (Fsp3) is 0.333. The highest BCUT2D eigenvalue weighted by atomic mass is 32.2. The van der Waals surface area contributed by atoms with Crippen LogP contribution >= 0.6 is 34.9 Å². The highest BCUT2D eigenvalue weighted by Gasteiger charge is 2.11. The number of benzene rings is 1. The molecule has 0 unspecified atom stereocenters. The summed E-state index contributed by atoms with van der Waals surface area (Å²) >= 11 is 4.28. The van der Waals surface area contributed by atoms with E-state index in [0.717, 1.165) is 25.5 Å². The Bertz CT molecular complexity index is 713. The standard InChI is InChI=1S/C15H18N4O2S3/c1-9-5-4-6-10(2)13(9)17-11(20)7-16-12(21)8-23-15-19-18-14(22-3)24-15/h4-6H,7-8H2,1-3H3,(H,16,21)(H,17,20). The molecule has 0 radical (unpaired) electrons. The van der Waals surface area contributed by atoms with Crippen molar-refractivity contribution < 1.29 is 9.59 Å². The van der Waals surface area contributed by atoms with Gasteiger partial charge in [0.1, 0.15) is 0 Å². The number of amides is 2. The van der Waals surface area contributed by atoms with E-state index in [0.29, 0.717) is 0 Å². The van der Waals surface area contributed by atoms with Crippen molar-refractivity contribution in [1.29, 1.82) is 0 Å². The van der Waals surface area contributed by atoms with Crippen molar-refractivity contribution in [2.75, 3.05) is 23.9 Å². The van der Waals surface area contributed by atoms with E-state index in [9.17, 15) is 9.59 Å². The minimum Gasteiger partial charge on any atom is -0.346 e. The Hall–Kier alpha value is -1.58. The number of aromatic nitrogens is 2. The van der Waals surface area contributed by atoms with Crippen molar-refractivity contribution in [2.45, 2.75) is 22.5 Å². The number of nitrogens with one attached hydrogen (secondary N) is 2. The highest BCUT2D eigenvalue weighted by molar-refractivity contribution is 8.03. The maximum absolute atomic E-state index is 12.0. The molecule has 1 heterocycles. The molecule has 6 nitrogen and oxygen atoms in total. The van der Waals surface area contributed by atoms with Crippen LogP contribution in [0.15, 0.2) is 26.9 Å². The van der Waals surface area contributed by atoms with Gasteiger partial charge in [0.25, 0.3) is 0 Å². The van der Waals surface area contributed by atoms with Gasteiger partial charge in [0, 0.05) is 5.69 Å². The van der Waals surface area contributed by atoms with Crippen LogP contribution in [0.2, 0.25) is 0 Å². The lowest BCUT2D eigenvalue weighted by atomic mass is 10.1. The quantitative estimate of drug-likeness (QED) is 0.717. The topological polar surface area (TPSA) is 84.0 Å². The van der Waals surface area contributed by atoms with Crippen LogP contribution in [0.1, 0.15) is 11.1 Å². The third-order valence-electron chi connectivity index (χ3n) is 3.08. The third-order valence-corrected chi connectivity index (χ3v) is 6.11. The number of carbonyl (C=O) groups excluding carboxylic acids is 2. The molecule has 0 atom stereocenters. The lowest BCUT2D eigenvalue weighted by Crippen LogP contribution is -2.34. The molecule has 0 aliphatic rings. The lowest BCUT2D eigenvalue weighted by Gasteiger charge is -2.11. The number of aryl methyl sites for hydroxylation is 2. The van der Waals surface area contributed by atoms with Crippen molar-refractivity contribution in [3.8, 4) is 0 Å². The smallest absolute Gasteiger partial charge is 0.243 e. The maximum Gasteiger partial charge on any atom is 0.243 e. The van der Waals surface area contributed by atoms with Gasteiger partial charge in [0.2, 0.25) is 11.8 Å². The zero-order valence-electron chi connectivity index (χ0n) is 13.6. The molecule has 0 aliphatic carbocycles. The van der Waals surface area contributed by atoms with Gasteiger partial charge in [-0.2, -0.15) is 0 Å². The summed E-state index contributed by atoms with van der Waals surface area (Å²) in [6, 6.07) is 5.81. The maximum atomic E-state index is 12.0. The van der Waals surface area contributed by atoms with Gasteiger partial charge in [-0.3, -0.25) is 9.59 Å². The number of hydrogen-bond donors (Lipinski definition) is 2. The van der Waals surface area contributed by atoms with Crippen molar-refractivity contribution in [3.63, 3.8) is 0 Å². The Labute approximate surface area is 153 Å². The summed E-state index contributed by atoms with van der Waals surface area (Å²) in [5.41, 5.74) is 2.78. The zero-order chi connectivity index (χ0) is 17.5. The van der Waals surface area contributed by atoms with E-state index in [1.807, 2.05) is 38.3 Å². The lowest BCUT2D eigenvalue weighted by molar-refractivity contribution is -0.122. The molecule has 0 fully saturated rings. The van der Waals surface area contributed by atoms with E-state index >= 15 is 0 Å². The van der Waals surface area contributed by atoms with Crippen molar-refractivity contribution in [1.82, 2.24) is 15.5 Å². The van der Waals surface area contributed by atoms with Gasteiger partial charge in [-0.1, -0.05) is 53.1 Å². The molecule has 0 bridgehead atoms. The van der Waals surface area contributed by atoms with E-state index in [2.05, 4.69) is 20.8 Å². The Morgan fingerprint density at radius 1 is 1.12 bits per heavy atom. The number of thioether (sulfide) groups is 2. The average Bonchev–Trinajstić information content (AvgIpc) is 3.02. The molecule has 0 saturated heterocycles. The van der Waals surface area contributed by atoms with Crippen molar-refractivity contribution in [2.24, 2.45) is 0 Å².